The van der Waals surface area contributed by atoms with Crippen molar-refractivity contribution in [2.24, 2.45) is 5.92 Å². The molecule has 2 nitrogen and oxygen atoms in total. The van der Waals surface area contributed by atoms with Crippen LogP contribution in [-0.4, -0.2) is 5.91 Å². The topological polar surface area (TPSA) is 20.3 Å². The van der Waals surface area contributed by atoms with E-state index in [1.165, 1.54) is 10.4 Å². The summed E-state index contributed by atoms with van der Waals surface area (Å²) in [5, 5.41) is 0. The number of carbonyl (C=O) groups is 1. The maximum Gasteiger partial charge on any atom is 0.231 e. The number of anilines is 2. The predicted octanol–water partition coefficient (Wildman–Crippen LogP) is 5.89. The summed E-state index contributed by atoms with van der Waals surface area (Å²) in [6.07, 6.45) is 0.531. The molecule has 1 aliphatic rings. The first-order valence-electron chi connectivity index (χ1n) is 7.40. The fourth-order valence-corrected chi connectivity index (χ4v) is 6.21. The summed E-state index contributed by atoms with van der Waals surface area (Å²) in [5.41, 5.74) is 3.02. The fraction of sp³-hybridized carbons (Fsp3) is 0.412. The summed E-state index contributed by atoms with van der Waals surface area (Å²) < 4.78 is 0.819. The zero-order valence-electron chi connectivity index (χ0n) is 13.2. The van der Waals surface area contributed by atoms with Crippen LogP contribution in [0.15, 0.2) is 24.3 Å². The van der Waals surface area contributed by atoms with Gasteiger partial charge in [0, 0.05) is 11.8 Å². The van der Waals surface area contributed by atoms with E-state index in [1.807, 2.05) is 23.1 Å². The molecule has 116 valence electrons. The molecular formula is C17H19NOS3. The first kappa shape index (κ1) is 15.8. The van der Waals surface area contributed by atoms with Crippen molar-refractivity contribution in [1.29, 1.82) is 0 Å². The second-order valence-corrected chi connectivity index (χ2v) is 9.42. The Balaban J connectivity index is 2.26. The molecule has 1 amide bonds. The molecule has 0 saturated heterocycles. The van der Waals surface area contributed by atoms with Gasteiger partial charge in [-0.1, -0.05) is 78.8 Å². The Morgan fingerprint density at radius 1 is 1.27 bits per heavy atom. The fourth-order valence-electron chi connectivity index (χ4n) is 2.98. The van der Waals surface area contributed by atoms with Crippen LogP contribution in [-0.2, 0) is 10.2 Å². The van der Waals surface area contributed by atoms with Gasteiger partial charge in [-0.25, -0.2) is 0 Å². The van der Waals surface area contributed by atoms with E-state index in [0.29, 0.717) is 12.3 Å². The molecule has 0 unspecified atom stereocenters. The van der Waals surface area contributed by atoms with Crippen molar-refractivity contribution in [3.05, 3.63) is 38.5 Å². The smallest absolute Gasteiger partial charge is 0.231 e. The van der Waals surface area contributed by atoms with Crippen molar-refractivity contribution in [3.63, 3.8) is 0 Å². The number of fused-ring (bicyclic) bond motifs is 2. The van der Waals surface area contributed by atoms with Gasteiger partial charge in [-0.15, -0.1) is 0 Å². The molecule has 22 heavy (non-hydrogen) atoms. The molecule has 0 bridgehead atoms. The quantitative estimate of drug-likeness (QED) is 0.498. The van der Waals surface area contributed by atoms with E-state index in [0.717, 1.165) is 15.2 Å². The first-order chi connectivity index (χ1) is 10.3. The van der Waals surface area contributed by atoms with Crippen LogP contribution in [0.2, 0.25) is 0 Å². The lowest BCUT2D eigenvalue weighted by Gasteiger charge is -2.38. The minimum atomic E-state index is -0.112. The number of amides is 1. The highest BCUT2D eigenvalue weighted by molar-refractivity contribution is 7.80. The van der Waals surface area contributed by atoms with Crippen LogP contribution in [0.25, 0.3) is 0 Å². The van der Waals surface area contributed by atoms with Crippen molar-refractivity contribution in [2.75, 3.05) is 4.90 Å². The van der Waals surface area contributed by atoms with E-state index in [4.69, 9.17) is 12.2 Å². The average molecular weight is 350 g/mol. The number of rotatable bonds is 2. The largest absolute Gasteiger partial charge is 0.277 e. The zero-order chi connectivity index (χ0) is 16.1. The summed E-state index contributed by atoms with van der Waals surface area (Å²) in [7, 11) is 3.30. The lowest BCUT2D eigenvalue weighted by molar-refractivity contribution is -0.118. The van der Waals surface area contributed by atoms with Crippen LogP contribution >= 0.6 is 32.9 Å². The number of nitrogens with zero attached hydrogens (tertiary/aromatic N) is 1. The lowest BCUT2D eigenvalue weighted by Crippen LogP contribution is -2.36. The van der Waals surface area contributed by atoms with Crippen molar-refractivity contribution in [1.82, 2.24) is 0 Å². The predicted molar refractivity (Wildman–Crippen MR) is 98.2 cm³/mol. The zero-order valence-corrected chi connectivity index (χ0v) is 15.6. The van der Waals surface area contributed by atoms with Gasteiger partial charge in [0.1, 0.15) is 3.82 Å². The highest BCUT2D eigenvalue weighted by atomic mass is 32.9. The van der Waals surface area contributed by atoms with Crippen molar-refractivity contribution in [3.8, 4) is 0 Å². The van der Waals surface area contributed by atoms with Gasteiger partial charge in [0.25, 0.3) is 0 Å². The second kappa shape index (κ2) is 5.55. The van der Waals surface area contributed by atoms with Gasteiger partial charge < -0.3 is 0 Å². The lowest BCUT2D eigenvalue weighted by atomic mass is 9.78. The highest BCUT2D eigenvalue weighted by Crippen LogP contribution is 2.53. The summed E-state index contributed by atoms with van der Waals surface area (Å²) in [6.45, 7) is 8.58. The van der Waals surface area contributed by atoms with E-state index in [1.54, 1.807) is 20.7 Å². The third-order valence-corrected chi connectivity index (χ3v) is 7.36. The molecule has 0 radical (unpaired) electrons. The van der Waals surface area contributed by atoms with E-state index in [-0.39, 0.29) is 11.3 Å². The maximum atomic E-state index is 12.9. The van der Waals surface area contributed by atoms with Crippen molar-refractivity contribution < 1.29 is 4.79 Å². The third kappa shape index (κ3) is 2.36. The Labute approximate surface area is 143 Å². The van der Waals surface area contributed by atoms with Gasteiger partial charge in [-0.3, -0.25) is 9.69 Å². The highest BCUT2D eigenvalue weighted by Gasteiger charge is 2.40. The van der Waals surface area contributed by atoms with Crippen LogP contribution < -0.4 is 4.90 Å². The number of benzene rings is 1. The second-order valence-electron chi connectivity index (χ2n) is 6.60. The van der Waals surface area contributed by atoms with Crippen LogP contribution in [0.1, 0.15) is 44.6 Å². The van der Waals surface area contributed by atoms with Gasteiger partial charge in [0.15, 0.2) is 0 Å². The standard InChI is InChI=1S/C17H19NOS3/c1-10(2)9-13(19)18-12-8-6-5-7-11(12)17(3,4)15-14(18)16(20)22-21-15/h5-8,10H,9H2,1-4H3. The molecule has 1 aromatic heterocycles. The summed E-state index contributed by atoms with van der Waals surface area (Å²) in [5.74, 6) is 0.463. The van der Waals surface area contributed by atoms with Gasteiger partial charge in [-0.2, -0.15) is 0 Å². The molecule has 0 N–H and O–H groups in total. The van der Waals surface area contributed by atoms with Gasteiger partial charge in [-0.05, 0) is 17.5 Å². The molecule has 0 spiro atoms. The Morgan fingerprint density at radius 3 is 2.64 bits per heavy atom. The SMILES string of the molecule is CC(C)CC(=O)N1c2ccccc2C(C)(C)c2ssc(=S)c21. The molecular weight excluding hydrogens is 330 g/mol. The number of carbonyl (C=O) groups excluding carboxylic acids is 1. The van der Waals surface area contributed by atoms with Crippen LogP contribution in [0, 0.1) is 9.74 Å². The van der Waals surface area contributed by atoms with E-state index >= 15 is 0 Å². The molecule has 0 aliphatic carbocycles. The minimum absolute atomic E-state index is 0.112. The monoisotopic (exact) mass is 349 g/mol. The van der Waals surface area contributed by atoms with Crippen LogP contribution in [0.4, 0.5) is 11.4 Å². The first-order valence-corrected chi connectivity index (χ1v) is 9.96. The molecule has 1 aromatic carbocycles. The van der Waals surface area contributed by atoms with Gasteiger partial charge >= 0.3 is 0 Å². The van der Waals surface area contributed by atoms with Crippen molar-refractivity contribution in [2.45, 2.75) is 39.5 Å². The Morgan fingerprint density at radius 2 is 1.95 bits per heavy atom. The Hall–Kier alpha value is -1.04. The molecule has 5 heteroatoms. The summed E-state index contributed by atoms with van der Waals surface area (Å²) in [6, 6.07) is 8.20. The van der Waals surface area contributed by atoms with Gasteiger partial charge in [0.05, 0.1) is 16.3 Å². The van der Waals surface area contributed by atoms with E-state index in [9.17, 15) is 4.79 Å². The van der Waals surface area contributed by atoms with Crippen molar-refractivity contribution >= 4 is 50.2 Å². The molecule has 0 saturated carbocycles. The van der Waals surface area contributed by atoms with Crippen LogP contribution in [0.3, 0.4) is 0 Å². The Kier molecular flexibility index (Phi) is 4.00. The molecule has 2 heterocycles. The molecule has 0 fully saturated rings. The Bertz CT molecular complexity index is 785. The normalized spacial score (nSPS) is 15.6. The number of para-hydroxylation sites is 1. The minimum Gasteiger partial charge on any atom is -0.277 e. The van der Waals surface area contributed by atoms with E-state index < -0.39 is 0 Å². The average Bonchev–Trinajstić information content (AvgIpc) is 2.82. The molecule has 0 atom stereocenters. The number of hydrogen-bond acceptors (Lipinski definition) is 4. The molecule has 1 aliphatic heterocycles. The third-order valence-electron chi connectivity index (χ3n) is 4.05. The van der Waals surface area contributed by atoms with E-state index in [2.05, 4.69) is 33.8 Å². The maximum absolute atomic E-state index is 12.9. The van der Waals surface area contributed by atoms with Crippen LogP contribution in [0.5, 0.6) is 0 Å². The number of hydrogen-bond donors (Lipinski definition) is 0. The summed E-state index contributed by atoms with van der Waals surface area (Å²) in [4.78, 5) is 16.0. The van der Waals surface area contributed by atoms with Gasteiger partial charge in [0.2, 0.25) is 5.91 Å². The molecule has 3 rings (SSSR count). The summed E-state index contributed by atoms with van der Waals surface area (Å²) >= 11 is 5.55. The molecule has 2 aromatic rings.